The molecule has 1 aromatic carbocycles. The van der Waals surface area contributed by atoms with Gasteiger partial charge in [0.05, 0.1) is 12.5 Å². The summed E-state index contributed by atoms with van der Waals surface area (Å²) in [4.78, 5) is 23.7. The van der Waals surface area contributed by atoms with Gasteiger partial charge in [-0.3, -0.25) is 9.59 Å². The van der Waals surface area contributed by atoms with Crippen LogP contribution in [-0.2, 0) is 9.59 Å². The number of nitrogens with one attached hydrogen (secondary N) is 3. The molecule has 5 nitrogen and oxygen atoms in total. The molecule has 3 N–H and O–H groups in total. The molecule has 0 aromatic heterocycles. The molecule has 2 rings (SSSR count). The maximum absolute atomic E-state index is 12.3. The van der Waals surface area contributed by atoms with Gasteiger partial charge >= 0.3 is 0 Å². The summed E-state index contributed by atoms with van der Waals surface area (Å²) >= 11 is 0. The summed E-state index contributed by atoms with van der Waals surface area (Å²) in [5.41, 5.74) is 2.12. The SMILES string of the molecule is CC(=O)NC(CC(=O)NC1CCNCC1)c1ccc(C)cc1. The van der Waals surface area contributed by atoms with E-state index in [2.05, 4.69) is 16.0 Å². The molecule has 1 heterocycles. The van der Waals surface area contributed by atoms with Crippen LogP contribution in [0.25, 0.3) is 0 Å². The molecular weight excluding hydrogens is 278 g/mol. The summed E-state index contributed by atoms with van der Waals surface area (Å²) in [5.74, 6) is -0.133. The zero-order valence-electron chi connectivity index (χ0n) is 13.3. The Balaban J connectivity index is 1.97. The standard InChI is InChI=1S/C17H25N3O2/c1-12-3-5-14(6-4-12)16(19-13(2)21)11-17(22)20-15-7-9-18-10-8-15/h3-6,15-16,18H,7-11H2,1-2H3,(H,19,21)(H,20,22). The summed E-state index contributed by atoms with van der Waals surface area (Å²) in [5, 5.41) is 9.22. The molecule has 0 radical (unpaired) electrons. The molecule has 1 atom stereocenters. The van der Waals surface area contributed by atoms with E-state index in [9.17, 15) is 9.59 Å². The Kier molecular flexibility index (Phi) is 5.95. The minimum absolute atomic E-state index is 0.00812. The average molecular weight is 303 g/mol. The average Bonchev–Trinajstić information content (AvgIpc) is 2.48. The van der Waals surface area contributed by atoms with Crippen LogP contribution >= 0.6 is 0 Å². The predicted molar refractivity (Wildman–Crippen MR) is 86.4 cm³/mol. The molecular formula is C17H25N3O2. The Morgan fingerprint density at radius 3 is 2.45 bits per heavy atom. The fourth-order valence-corrected chi connectivity index (χ4v) is 2.73. The van der Waals surface area contributed by atoms with Gasteiger partial charge in [0.25, 0.3) is 0 Å². The number of hydrogen-bond donors (Lipinski definition) is 3. The molecule has 0 aliphatic carbocycles. The topological polar surface area (TPSA) is 70.2 Å². The third-order valence-corrected chi connectivity index (χ3v) is 3.95. The molecule has 1 unspecified atom stereocenters. The van der Waals surface area contributed by atoms with Crippen LogP contribution in [0.2, 0.25) is 0 Å². The predicted octanol–water partition coefficient (Wildman–Crippen LogP) is 1.43. The van der Waals surface area contributed by atoms with Crippen molar-refractivity contribution in [2.75, 3.05) is 13.1 Å². The van der Waals surface area contributed by atoms with Crippen molar-refractivity contribution < 1.29 is 9.59 Å². The van der Waals surface area contributed by atoms with E-state index in [-0.39, 0.29) is 30.3 Å². The Morgan fingerprint density at radius 1 is 1.23 bits per heavy atom. The molecule has 1 aliphatic heterocycles. The quantitative estimate of drug-likeness (QED) is 0.771. The highest BCUT2D eigenvalue weighted by Crippen LogP contribution is 2.18. The van der Waals surface area contributed by atoms with Crippen LogP contribution < -0.4 is 16.0 Å². The first-order valence-corrected chi connectivity index (χ1v) is 7.88. The van der Waals surface area contributed by atoms with E-state index >= 15 is 0 Å². The Hall–Kier alpha value is -1.88. The van der Waals surface area contributed by atoms with Crippen LogP contribution in [0, 0.1) is 6.92 Å². The fraction of sp³-hybridized carbons (Fsp3) is 0.529. The molecule has 0 spiro atoms. The smallest absolute Gasteiger partial charge is 0.222 e. The van der Waals surface area contributed by atoms with Gasteiger partial charge in [-0.15, -0.1) is 0 Å². The van der Waals surface area contributed by atoms with Crippen molar-refractivity contribution in [3.05, 3.63) is 35.4 Å². The summed E-state index contributed by atoms with van der Waals surface area (Å²) in [6.45, 7) is 5.38. The van der Waals surface area contributed by atoms with Crippen molar-refractivity contribution in [3.63, 3.8) is 0 Å². The number of carbonyl (C=O) groups excluding carboxylic acids is 2. The summed E-state index contributed by atoms with van der Waals surface area (Å²) in [6, 6.07) is 7.88. The minimum atomic E-state index is -0.278. The van der Waals surface area contributed by atoms with Gasteiger partial charge in [0.1, 0.15) is 0 Å². The summed E-state index contributed by atoms with van der Waals surface area (Å²) in [6.07, 6.45) is 2.19. The van der Waals surface area contributed by atoms with Crippen LogP contribution in [0.15, 0.2) is 24.3 Å². The van der Waals surface area contributed by atoms with Gasteiger partial charge in [-0.25, -0.2) is 0 Å². The van der Waals surface area contributed by atoms with E-state index in [1.807, 2.05) is 31.2 Å². The maximum atomic E-state index is 12.3. The van der Waals surface area contributed by atoms with E-state index in [0.29, 0.717) is 0 Å². The van der Waals surface area contributed by atoms with E-state index in [4.69, 9.17) is 0 Å². The van der Waals surface area contributed by atoms with Crippen LogP contribution in [0.4, 0.5) is 0 Å². The van der Waals surface area contributed by atoms with E-state index in [1.165, 1.54) is 6.92 Å². The second-order valence-electron chi connectivity index (χ2n) is 5.96. The second-order valence-corrected chi connectivity index (χ2v) is 5.96. The monoisotopic (exact) mass is 303 g/mol. The van der Waals surface area contributed by atoms with Crippen molar-refractivity contribution in [2.45, 2.75) is 45.2 Å². The molecule has 1 saturated heterocycles. The molecule has 0 saturated carbocycles. The Labute approximate surface area is 131 Å². The highest BCUT2D eigenvalue weighted by atomic mass is 16.2. The first-order chi connectivity index (χ1) is 10.5. The molecule has 5 heteroatoms. The molecule has 120 valence electrons. The van der Waals surface area contributed by atoms with Crippen molar-refractivity contribution in [1.29, 1.82) is 0 Å². The lowest BCUT2D eigenvalue weighted by Gasteiger charge is -2.25. The summed E-state index contributed by atoms with van der Waals surface area (Å²) in [7, 11) is 0. The minimum Gasteiger partial charge on any atom is -0.353 e. The molecule has 0 bridgehead atoms. The van der Waals surface area contributed by atoms with Gasteiger partial charge in [-0.05, 0) is 38.4 Å². The number of hydrogen-bond acceptors (Lipinski definition) is 3. The van der Waals surface area contributed by atoms with E-state index < -0.39 is 0 Å². The van der Waals surface area contributed by atoms with Crippen molar-refractivity contribution in [3.8, 4) is 0 Å². The first-order valence-electron chi connectivity index (χ1n) is 7.88. The highest BCUT2D eigenvalue weighted by Gasteiger charge is 2.20. The van der Waals surface area contributed by atoms with Gasteiger partial charge in [0.15, 0.2) is 0 Å². The zero-order valence-corrected chi connectivity index (χ0v) is 13.3. The van der Waals surface area contributed by atoms with Gasteiger partial charge in [-0.2, -0.15) is 0 Å². The Morgan fingerprint density at radius 2 is 1.86 bits per heavy atom. The maximum Gasteiger partial charge on any atom is 0.222 e. The number of carbonyl (C=O) groups is 2. The van der Waals surface area contributed by atoms with Gasteiger partial charge in [0.2, 0.25) is 11.8 Å². The van der Waals surface area contributed by atoms with Crippen molar-refractivity contribution >= 4 is 11.8 Å². The summed E-state index contributed by atoms with van der Waals surface area (Å²) < 4.78 is 0. The molecule has 1 aliphatic rings. The van der Waals surface area contributed by atoms with Gasteiger partial charge in [0, 0.05) is 13.0 Å². The van der Waals surface area contributed by atoms with Gasteiger partial charge < -0.3 is 16.0 Å². The lowest BCUT2D eigenvalue weighted by molar-refractivity contribution is -0.123. The lowest BCUT2D eigenvalue weighted by Crippen LogP contribution is -2.43. The van der Waals surface area contributed by atoms with E-state index in [0.717, 1.165) is 37.1 Å². The molecule has 1 aromatic rings. The normalized spacial score (nSPS) is 16.8. The number of amides is 2. The van der Waals surface area contributed by atoms with Crippen LogP contribution in [0.5, 0.6) is 0 Å². The largest absolute Gasteiger partial charge is 0.353 e. The number of piperidine rings is 1. The van der Waals surface area contributed by atoms with Gasteiger partial charge in [-0.1, -0.05) is 29.8 Å². The molecule has 2 amide bonds. The molecule has 1 fully saturated rings. The number of benzene rings is 1. The third-order valence-electron chi connectivity index (χ3n) is 3.95. The highest BCUT2D eigenvalue weighted by molar-refractivity contribution is 5.79. The van der Waals surface area contributed by atoms with Crippen LogP contribution in [-0.4, -0.2) is 30.9 Å². The second kappa shape index (κ2) is 7.94. The zero-order chi connectivity index (χ0) is 15.9. The Bertz CT molecular complexity index is 507. The van der Waals surface area contributed by atoms with E-state index in [1.54, 1.807) is 0 Å². The lowest BCUT2D eigenvalue weighted by atomic mass is 10.0. The third kappa shape index (κ3) is 5.15. The molecule has 22 heavy (non-hydrogen) atoms. The number of aryl methyl sites for hydroxylation is 1. The number of rotatable bonds is 5. The fourth-order valence-electron chi connectivity index (χ4n) is 2.73. The van der Waals surface area contributed by atoms with Crippen molar-refractivity contribution in [2.24, 2.45) is 0 Å². The van der Waals surface area contributed by atoms with Crippen LogP contribution in [0.3, 0.4) is 0 Å². The first kappa shape index (κ1) is 16.5. The van der Waals surface area contributed by atoms with Crippen LogP contribution in [0.1, 0.15) is 43.4 Å². The van der Waals surface area contributed by atoms with Crippen molar-refractivity contribution in [1.82, 2.24) is 16.0 Å².